The number of oxime groups is 1. The lowest BCUT2D eigenvalue weighted by atomic mass is 10.2. The second-order valence-corrected chi connectivity index (χ2v) is 6.45. The van der Waals surface area contributed by atoms with Crippen molar-refractivity contribution in [3.05, 3.63) is 29.8 Å². The summed E-state index contributed by atoms with van der Waals surface area (Å²) in [5.74, 6) is -1.16. The second kappa shape index (κ2) is 5.00. The van der Waals surface area contributed by atoms with E-state index in [1.54, 1.807) is 0 Å². The molecule has 1 unspecified atom stereocenters. The zero-order valence-corrected chi connectivity index (χ0v) is 11.1. The largest absolute Gasteiger partial charge is 0.478 e. The van der Waals surface area contributed by atoms with E-state index in [0.717, 1.165) is 6.07 Å². The number of carboxylic acid groups (broad SMARTS) is 1. The Balaban J connectivity index is 2.39. The van der Waals surface area contributed by atoms with E-state index in [4.69, 9.17) is 9.94 Å². The van der Waals surface area contributed by atoms with Crippen LogP contribution in [-0.4, -0.2) is 37.1 Å². The number of nitrogens with zero attached hydrogens (tertiary/aromatic N) is 1. The van der Waals surface area contributed by atoms with Crippen LogP contribution in [0.3, 0.4) is 0 Å². The van der Waals surface area contributed by atoms with Crippen LogP contribution in [0.1, 0.15) is 23.7 Å². The van der Waals surface area contributed by atoms with Gasteiger partial charge in [0, 0.05) is 6.42 Å². The molecule has 0 amide bonds. The molecule has 1 aliphatic rings. The van der Waals surface area contributed by atoms with E-state index in [9.17, 15) is 13.2 Å². The van der Waals surface area contributed by atoms with E-state index in [0.29, 0.717) is 18.7 Å². The van der Waals surface area contributed by atoms with Gasteiger partial charge in [0.15, 0.2) is 9.84 Å². The van der Waals surface area contributed by atoms with E-state index < -0.39 is 21.1 Å². The monoisotopic (exact) mass is 283 g/mol. The molecule has 6 nitrogen and oxygen atoms in total. The van der Waals surface area contributed by atoms with Crippen LogP contribution in [0.2, 0.25) is 0 Å². The fourth-order valence-electron chi connectivity index (χ4n) is 1.79. The van der Waals surface area contributed by atoms with Crippen LogP contribution < -0.4 is 0 Å². The first kappa shape index (κ1) is 13.5. The molecule has 1 N–H and O–H groups in total. The van der Waals surface area contributed by atoms with Gasteiger partial charge < -0.3 is 9.94 Å². The molecule has 1 atom stereocenters. The van der Waals surface area contributed by atoms with Gasteiger partial charge >= 0.3 is 5.97 Å². The van der Waals surface area contributed by atoms with Gasteiger partial charge in [0.1, 0.15) is 11.9 Å². The molecule has 2 rings (SSSR count). The van der Waals surface area contributed by atoms with Gasteiger partial charge in [0.05, 0.1) is 16.2 Å². The molecule has 1 aromatic rings. The quantitative estimate of drug-likeness (QED) is 0.899. The number of hydrogen-bond donors (Lipinski definition) is 1. The highest BCUT2D eigenvalue weighted by Gasteiger charge is 2.30. The maximum Gasteiger partial charge on any atom is 0.335 e. The smallest absolute Gasteiger partial charge is 0.335 e. The van der Waals surface area contributed by atoms with Crippen LogP contribution in [0.4, 0.5) is 0 Å². The minimum Gasteiger partial charge on any atom is -0.478 e. The summed E-state index contributed by atoms with van der Waals surface area (Å²) < 4.78 is 24.7. The number of aromatic carboxylic acids is 1. The molecule has 102 valence electrons. The number of sulfone groups is 1. The fourth-order valence-corrected chi connectivity index (χ4v) is 3.28. The van der Waals surface area contributed by atoms with Gasteiger partial charge in [-0.05, 0) is 25.1 Å². The van der Waals surface area contributed by atoms with Gasteiger partial charge in [0.2, 0.25) is 0 Å². The van der Waals surface area contributed by atoms with Crippen molar-refractivity contribution < 1.29 is 23.2 Å². The first-order chi connectivity index (χ1) is 8.93. The average molecular weight is 283 g/mol. The third-order valence-electron chi connectivity index (χ3n) is 2.98. The van der Waals surface area contributed by atoms with Crippen molar-refractivity contribution in [1.29, 1.82) is 0 Å². The third kappa shape index (κ3) is 2.60. The van der Waals surface area contributed by atoms with Crippen molar-refractivity contribution in [2.75, 3.05) is 6.61 Å². The first-order valence-electron chi connectivity index (χ1n) is 5.69. The molecule has 1 aliphatic heterocycles. The van der Waals surface area contributed by atoms with E-state index in [1.165, 1.54) is 25.1 Å². The van der Waals surface area contributed by atoms with Gasteiger partial charge in [-0.2, -0.15) is 0 Å². The van der Waals surface area contributed by atoms with Crippen molar-refractivity contribution >= 4 is 21.5 Å². The fraction of sp³-hybridized carbons (Fsp3) is 0.333. The predicted molar refractivity (Wildman–Crippen MR) is 68.1 cm³/mol. The normalized spacial score (nSPS) is 16.6. The lowest BCUT2D eigenvalue weighted by Crippen LogP contribution is -2.26. The summed E-state index contributed by atoms with van der Waals surface area (Å²) in [4.78, 5) is 15.6. The molecular weight excluding hydrogens is 270 g/mol. The Labute approximate surface area is 110 Å². The minimum absolute atomic E-state index is 0.0190. The molecule has 0 radical (unpaired) electrons. The van der Waals surface area contributed by atoms with Crippen molar-refractivity contribution in [3.8, 4) is 0 Å². The molecule has 0 bridgehead atoms. The Morgan fingerprint density at radius 3 is 2.79 bits per heavy atom. The van der Waals surface area contributed by atoms with Crippen molar-refractivity contribution in [2.24, 2.45) is 5.16 Å². The van der Waals surface area contributed by atoms with Crippen LogP contribution >= 0.6 is 0 Å². The minimum atomic E-state index is -3.65. The Morgan fingerprint density at radius 1 is 1.47 bits per heavy atom. The molecule has 0 fully saturated rings. The third-order valence-corrected chi connectivity index (χ3v) is 5.09. The molecule has 1 aromatic carbocycles. The van der Waals surface area contributed by atoms with E-state index in [1.807, 2.05) is 0 Å². The molecule has 7 heteroatoms. The maximum atomic E-state index is 12.4. The van der Waals surface area contributed by atoms with E-state index >= 15 is 0 Å². The summed E-state index contributed by atoms with van der Waals surface area (Å²) >= 11 is 0. The number of carboxylic acids is 1. The van der Waals surface area contributed by atoms with Crippen LogP contribution in [0.15, 0.2) is 34.3 Å². The number of rotatable bonds is 4. The number of carbonyl (C=O) groups is 1. The summed E-state index contributed by atoms with van der Waals surface area (Å²) in [5, 5.41) is 11.8. The van der Waals surface area contributed by atoms with Gasteiger partial charge in [0.25, 0.3) is 0 Å². The number of benzene rings is 1. The molecule has 0 spiro atoms. The SMILES string of the molecule is CC(C1=NOCC1)S(=O)(=O)c1cccc(C(=O)O)c1. The molecule has 1 heterocycles. The summed E-state index contributed by atoms with van der Waals surface area (Å²) in [6.07, 6.45) is 0.471. The van der Waals surface area contributed by atoms with Gasteiger partial charge in [-0.15, -0.1) is 0 Å². The van der Waals surface area contributed by atoms with Crippen LogP contribution in [-0.2, 0) is 14.7 Å². The zero-order valence-electron chi connectivity index (χ0n) is 10.2. The average Bonchev–Trinajstić information content (AvgIpc) is 2.91. The Bertz CT molecular complexity index is 635. The molecule has 0 saturated heterocycles. The van der Waals surface area contributed by atoms with Crippen LogP contribution in [0.25, 0.3) is 0 Å². The molecule has 0 aromatic heterocycles. The highest BCUT2D eigenvalue weighted by Crippen LogP contribution is 2.21. The van der Waals surface area contributed by atoms with Crippen molar-refractivity contribution in [3.63, 3.8) is 0 Å². The highest BCUT2D eigenvalue weighted by molar-refractivity contribution is 7.92. The van der Waals surface area contributed by atoms with Gasteiger partial charge in [-0.1, -0.05) is 11.2 Å². The Hall–Kier alpha value is -1.89. The maximum absolute atomic E-state index is 12.4. The standard InChI is InChI=1S/C12H13NO5S/c1-8(11-5-6-18-13-11)19(16,17)10-4-2-3-9(7-10)12(14)15/h2-4,7-8H,5-6H2,1H3,(H,14,15). The van der Waals surface area contributed by atoms with Crippen LogP contribution in [0, 0.1) is 0 Å². The molecule has 19 heavy (non-hydrogen) atoms. The van der Waals surface area contributed by atoms with Gasteiger partial charge in [-0.25, -0.2) is 13.2 Å². The van der Waals surface area contributed by atoms with Crippen molar-refractivity contribution in [2.45, 2.75) is 23.5 Å². The summed E-state index contributed by atoms with van der Waals surface area (Å²) in [6.45, 7) is 1.90. The zero-order chi connectivity index (χ0) is 14.0. The summed E-state index contributed by atoms with van der Waals surface area (Å²) in [7, 11) is -3.65. The van der Waals surface area contributed by atoms with Crippen molar-refractivity contribution in [1.82, 2.24) is 0 Å². The Kier molecular flexibility index (Phi) is 3.57. The highest BCUT2D eigenvalue weighted by atomic mass is 32.2. The Morgan fingerprint density at radius 2 is 2.21 bits per heavy atom. The van der Waals surface area contributed by atoms with Crippen LogP contribution in [0.5, 0.6) is 0 Å². The predicted octanol–water partition coefficient (Wildman–Crippen LogP) is 1.32. The topological polar surface area (TPSA) is 93.0 Å². The molecular formula is C12H13NO5S. The summed E-state index contributed by atoms with van der Waals surface area (Å²) in [6, 6.07) is 5.30. The molecule has 0 aliphatic carbocycles. The lowest BCUT2D eigenvalue weighted by Gasteiger charge is -2.12. The second-order valence-electron chi connectivity index (χ2n) is 4.19. The van der Waals surface area contributed by atoms with E-state index in [-0.39, 0.29) is 10.5 Å². The summed E-state index contributed by atoms with van der Waals surface area (Å²) in [5.41, 5.74) is 0.401. The van der Waals surface area contributed by atoms with E-state index in [2.05, 4.69) is 5.16 Å². The first-order valence-corrected chi connectivity index (χ1v) is 7.23. The number of hydrogen-bond acceptors (Lipinski definition) is 5. The lowest BCUT2D eigenvalue weighted by molar-refractivity contribution is 0.0696. The molecule has 0 saturated carbocycles. The van der Waals surface area contributed by atoms with Gasteiger partial charge in [-0.3, -0.25) is 0 Å².